The molecule has 0 spiro atoms. The number of hydrogen-bond donors (Lipinski definition) is 2. The first kappa shape index (κ1) is 18.2. The number of aryl methyl sites for hydroxylation is 1. The Kier molecular flexibility index (Phi) is 6.05. The fourth-order valence-electron chi connectivity index (χ4n) is 3.42. The molecule has 4 heteroatoms. The Morgan fingerprint density at radius 2 is 1.42 bits per heavy atom. The van der Waals surface area contributed by atoms with Crippen molar-refractivity contribution in [2.75, 3.05) is 5.32 Å². The molecule has 3 rings (SSSR count). The van der Waals surface area contributed by atoms with Gasteiger partial charge in [-0.1, -0.05) is 48.0 Å². The molecule has 26 heavy (non-hydrogen) atoms. The topological polar surface area (TPSA) is 58.2 Å². The van der Waals surface area contributed by atoms with E-state index in [9.17, 15) is 9.59 Å². The number of benzene rings is 2. The molecule has 4 nitrogen and oxygen atoms in total. The minimum Gasteiger partial charge on any atom is -0.352 e. The molecule has 136 valence electrons. The van der Waals surface area contributed by atoms with Crippen LogP contribution in [0.1, 0.15) is 36.8 Å². The minimum atomic E-state index is -0.00338. The molecule has 2 aromatic rings. The number of hydrogen-bond acceptors (Lipinski definition) is 2. The van der Waals surface area contributed by atoms with E-state index >= 15 is 0 Å². The Bertz CT molecular complexity index is 732. The minimum absolute atomic E-state index is 0.00338. The van der Waals surface area contributed by atoms with E-state index in [4.69, 9.17) is 0 Å². The Labute approximate surface area is 155 Å². The van der Waals surface area contributed by atoms with Crippen LogP contribution in [0.25, 0.3) is 0 Å². The fraction of sp³-hybridized carbons (Fsp3) is 0.364. The van der Waals surface area contributed by atoms with Gasteiger partial charge in [0.05, 0.1) is 0 Å². The van der Waals surface area contributed by atoms with E-state index in [-0.39, 0.29) is 23.7 Å². The molecular weight excluding hydrogens is 324 g/mol. The maximum Gasteiger partial charge on any atom is 0.227 e. The first-order valence-electron chi connectivity index (χ1n) is 9.31. The van der Waals surface area contributed by atoms with E-state index in [1.165, 1.54) is 5.56 Å². The van der Waals surface area contributed by atoms with Gasteiger partial charge in [-0.05, 0) is 50.3 Å². The lowest BCUT2D eigenvalue weighted by atomic mass is 9.81. The van der Waals surface area contributed by atoms with E-state index in [1.54, 1.807) is 0 Å². The number of carbonyl (C=O) groups excluding carboxylic acids is 2. The van der Waals surface area contributed by atoms with Crippen molar-refractivity contribution in [3.63, 3.8) is 0 Å². The third-order valence-electron chi connectivity index (χ3n) is 5.10. The SMILES string of the molecule is Cc1ccc(CNC(=O)C2CCC(C(=O)Nc3ccccc3)CC2)cc1. The van der Waals surface area contributed by atoms with Gasteiger partial charge in [-0.2, -0.15) is 0 Å². The van der Waals surface area contributed by atoms with Crippen molar-refractivity contribution >= 4 is 17.5 Å². The standard InChI is InChI=1S/C22H26N2O2/c1-16-7-9-17(10-8-16)15-23-21(25)18-11-13-19(14-12-18)22(26)24-20-5-3-2-4-6-20/h2-10,18-19H,11-15H2,1H3,(H,23,25)(H,24,26). The van der Waals surface area contributed by atoms with Gasteiger partial charge in [0.15, 0.2) is 0 Å². The van der Waals surface area contributed by atoms with Gasteiger partial charge in [-0.15, -0.1) is 0 Å². The van der Waals surface area contributed by atoms with Crippen molar-refractivity contribution in [2.45, 2.75) is 39.2 Å². The smallest absolute Gasteiger partial charge is 0.227 e. The van der Waals surface area contributed by atoms with Crippen LogP contribution in [0, 0.1) is 18.8 Å². The number of nitrogens with one attached hydrogen (secondary N) is 2. The van der Waals surface area contributed by atoms with E-state index < -0.39 is 0 Å². The van der Waals surface area contributed by atoms with E-state index in [2.05, 4.69) is 29.7 Å². The lowest BCUT2D eigenvalue weighted by molar-refractivity contribution is -0.128. The second-order valence-corrected chi connectivity index (χ2v) is 7.11. The number of para-hydroxylation sites is 1. The maximum atomic E-state index is 12.4. The number of carbonyl (C=O) groups is 2. The van der Waals surface area contributed by atoms with Crippen LogP contribution in [0.4, 0.5) is 5.69 Å². The molecule has 0 unspecified atom stereocenters. The van der Waals surface area contributed by atoms with Crippen molar-refractivity contribution in [2.24, 2.45) is 11.8 Å². The molecule has 0 radical (unpaired) electrons. The highest BCUT2D eigenvalue weighted by Crippen LogP contribution is 2.30. The van der Waals surface area contributed by atoms with Crippen molar-refractivity contribution in [3.05, 3.63) is 65.7 Å². The maximum absolute atomic E-state index is 12.4. The Morgan fingerprint density at radius 3 is 2.04 bits per heavy atom. The zero-order valence-electron chi connectivity index (χ0n) is 15.2. The van der Waals surface area contributed by atoms with Crippen LogP contribution in [0.2, 0.25) is 0 Å². The first-order chi connectivity index (χ1) is 12.6. The van der Waals surface area contributed by atoms with Crippen molar-refractivity contribution in [1.82, 2.24) is 5.32 Å². The molecule has 0 aromatic heterocycles. The highest BCUT2D eigenvalue weighted by atomic mass is 16.2. The summed E-state index contributed by atoms with van der Waals surface area (Å²) in [6.45, 7) is 2.61. The molecule has 1 saturated carbocycles. The molecule has 0 heterocycles. The largest absolute Gasteiger partial charge is 0.352 e. The van der Waals surface area contributed by atoms with Gasteiger partial charge in [-0.3, -0.25) is 9.59 Å². The summed E-state index contributed by atoms with van der Waals surface area (Å²) in [5, 5.41) is 6.00. The van der Waals surface area contributed by atoms with Crippen LogP contribution in [0.5, 0.6) is 0 Å². The van der Waals surface area contributed by atoms with Gasteiger partial charge in [0, 0.05) is 24.1 Å². The van der Waals surface area contributed by atoms with Gasteiger partial charge >= 0.3 is 0 Å². The third-order valence-corrected chi connectivity index (χ3v) is 5.10. The zero-order valence-corrected chi connectivity index (χ0v) is 15.2. The molecule has 2 N–H and O–H groups in total. The van der Waals surface area contributed by atoms with Crippen molar-refractivity contribution < 1.29 is 9.59 Å². The molecule has 0 atom stereocenters. The molecule has 1 fully saturated rings. The van der Waals surface area contributed by atoms with Crippen LogP contribution in [-0.2, 0) is 16.1 Å². The summed E-state index contributed by atoms with van der Waals surface area (Å²) in [5.41, 5.74) is 3.16. The monoisotopic (exact) mass is 350 g/mol. The summed E-state index contributed by atoms with van der Waals surface area (Å²) < 4.78 is 0. The summed E-state index contributed by atoms with van der Waals surface area (Å²) in [4.78, 5) is 24.8. The number of rotatable bonds is 5. The average molecular weight is 350 g/mol. The van der Waals surface area contributed by atoms with Gasteiger partial charge in [0.2, 0.25) is 11.8 Å². The fourth-order valence-corrected chi connectivity index (χ4v) is 3.42. The molecule has 2 aromatic carbocycles. The number of anilines is 1. The normalized spacial score (nSPS) is 19.6. The summed E-state index contributed by atoms with van der Waals surface area (Å²) in [6.07, 6.45) is 3.07. The predicted molar refractivity (Wildman–Crippen MR) is 104 cm³/mol. The van der Waals surface area contributed by atoms with E-state index in [0.29, 0.717) is 6.54 Å². The Morgan fingerprint density at radius 1 is 0.846 bits per heavy atom. The zero-order chi connectivity index (χ0) is 18.4. The second-order valence-electron chi connectivity index (χ2n) is 7.11. The lowest BCUT2D eigenvalue weighted by Gasteiger charge is -2.27. The third kappa shape index (κ3) is 4.94. The molecule has 0 aliphatic heterocycles. The molecule has 1 aliphatic carbocycles. The van der Waals surface area contributed by atoms with Crippen LogP contribution < -0.4 is 10.6 Å². The highest BCUT2D eigenvalue weighted by molar-refractivity contribution is 5.92. The van der Waals surface area contributed by atoms with Crippen LogP contribution in [-0.4, -0.2) is 11.8 Å². The van der Waals surface area contributed by atoms with Crippen LogP contribution in [0.15, 0.2) is 54.6 Å². The summed E-state index contributed by atoms with van der Waals surface area (Å²) in [7, 11) is 0. The molecular formula is C22H26N2O2. The van der Waals surface area contributed by atoms with Crippen molar-refractivity contribution in [3.8, 4) is 0 Å². The summed E-state index contributed by atoms with van der Waals surface area (Å²) in [5.74, 6) is 0.180. The average Bonchev–Trinajstić information content (AvgIpc) is 2.68. The van der Waals surface area contributed by atoms with Gasteiger partial charge in [0.1, 0.15) is 0 Å². The molecule has 0 saturated heterocycles. The van der Waals surface area contributed by atoms with Gasteiger partial charge in [0.25, 0.3) is 0 Å². The van der Waals surface area contributed by atoms with Gasteiger partial charge in [-0.25, -0.2) is 0 Å². The summed E-state index contributed by atoms with van der Waals surface area (Å²) >= 11 is 0. The Balaban J connectivity index is 1.43. The number of amides is 2. The van der Waals surface area contributed by atoms with Crippen molar-refractivity contribution in [1.29, 1.82) is 0 Å². The predicted octanol–water partition coefficient (Wildman–Crippen LogP) is 4.06. The Hall–Kier alpha value is -2.62. The summed E-state index contributed by atoms with van der Waals surface area (Å²) in [6, 6.07) is 17.7. The van der Waals surface area contributed by atoms with Crippen LogP contribution in [0.3, 0.4) is 0 Å². The molecule has 2 amide bonds. The van der Waals surface area contributed by atoms with Crippen LogP contribution >= 0.6 is 0 Å². The lowest BCUT2D eigenvalue weighted by Crippen LogP contribution is -2.35. The molecule has 1 aliphatic rings. The van der Waals surface area contributed by atoms with Gasteiger partial charge < -0.3 is 10.6 Å². The quantitative estimate of drug-likeness (QED) is 0.854. The second kappa shape index (κ2) is 8.65. The van der Waals surface area contributed by atoms with E-state index in [0.717, 1.165) is 36.9 Å². The van der Waals surface area contributed by atoms with E-state index in [1.807, 2.05) is 42.5 Å². The highest BCUT2D eigenvalue weighted by Gasteiger charge is 2.29. The first-order valence-corrected chi connectivity index (χ1v) is 9.31. The molecule has 0 bridgehead atoms.